The fourth-order valence-electron chi connectivity index (χ4n) is 3.38. The third-order valence-electron chi connectivity index (χ3n) is 5.08. The lowest BCUT2D eigenvalue weighted by Crippen LogP contribution is -2.32. The van der Waals surface area contributed by atoms with Crippen LogP contribution in [0.1, 0.15) is 61.6 Å². The van der Waals surface area contributed by atoms with Gasteiger partial charge < -0.3 is 10.1 Å². The highest BCUT2D eigenvalue weighted by Gasteiger charge is 2.35. The van der Waals surface area contributed by atoms with E-state index in [0.717, 1.165) is 16.0 Å². The number of rotatable bonds is 8. The molecule has 2 aromatic rings. The first-order valence-electron chi connectivity index (χ1n) is 9.99. The minimum absolute atomic E-state index is 0.0892. The number of carbonyl (C=O) groups is 4. The second-order valence-electron chi connectivity index (χ2n) is 7.29. The van der Waals surface area contributed by atoms with E-state index in [4.69, 9.17) is 4.74 Å². The van der Waals surface area contributed by atoms with Gasteiger partial charge in [-0.25, -0.2) is 4.79 Å². The minimum Gasteiger partial charge on any atom is -0.452 e. The highest BCUT2D eigenvalue weighted by molar-refractivity contribution is 6.22. The molecule has 0 spiro atoms. The Bertz CT molecular complexity index is 1040. The molecule has 0 aromatic heterocycles. The summed E-state index contributed by atoms with van der Waals surface area (Å²) in [5, 5.41) is 2.85. The highest BCUT2D eigenvalue weighted by atomic mass is 16.5. The fourth-order valence-corrected chi connectivity index (χ4v) is 3.38. The molecule has 3 amide bonds. The van der Waals surface area contributed by atoms with Crippen LogP contribution < -0.4 is 5.32 Å². The lowest BCUT2D eigenvalue weighted by atomic mass is 10.0. The average Bonchev–Trinajstić information content (AvgIpc) is 3.01. The molecule has 31 heavy (non-hydrogen) atoms. The summed E-state index contributed by atoms with van der Waals surface area (Å²) >= 11 is 0. The molecule has 0 fully saturated rings. The van der Waals surface area contributed by atoms with Gasteiger partial charge in [-0.2, -0.15) is 0 Å². The van der Waals surface area contributed by atoms with E-state index in [2.05, 4.69) is 11.9 Å². The number of hydrogen-bond donors (Lipinski definition) is 1. The third-order valence-corrected chi connectivity index (χ3v) is 5.08. The Kier molecular flexibility index (Phi) is 6.65. The molecule has 160 valence electrons. The molecule has 0 radical (unpaired) electrons. The molecule has 0 bridgehead atoms. The molecular weight excluding hydrogens is 396 g/mol. The largest absolute Gasteiger partial charge is 0.452 e. The summed E-state index contributed by atoms with van der Waals surface area (Å²) < 4.78 is 5.11. The summed E-state index contributed by atoms with van der Waals surface area (Å²) in [7, 11) is 0. The molecule has 0 saturated carbocycles. The first kappa shape index (κ1) is 22.0. The number of hydrogen-bond acceptors (Lipinski definition) is 5. The maximum Gasteiger partial charge on any atom is 0.338 e. The van der Waals surface area contributed by atoms with Crippen LogP contribution in [0.3, 0.4) is 0 Å². The van der Waals surface area contributed by atoms with Crippen LogP contribution in [0.5, 0.6) is 0 Å². The zero-order valence-electron chi connectivity index (χ0n) is 17.5. The van der Waals surface area contributed by atoms with Gasteiger partial charge in [0.15, 0.2) is 6.61 Å². The monoisotopic (exact) mass is 420 g/mol. The van der Waals surface area contributed by atoms with Crippen molar-refractivity contribution < 1.29 is 23.9 Å². The summed E-state index contributed by atoms with van der Waals surface area (Å²) in [6, 6.07) is 11.8. The summed E-state index contributed by atoms with van der Waals surface area (Å²) in [6.45, 7) is 7.11. The van der Waals surface area contributed by atoms with Crippen molar-refractivity contribution in [1.82, 2.24) is 10.2 Å². The van der Waals surface area contributed by atoms with Gasteiger partial charge in [-0.3, -0.25) is 19.3 Å². The van der Waals surface area contributed by atoms with Crippen LogP contribution in [0.2, 0.25) is 0 Å². The zero-order valence-corrected chi connectivity index (χ0v) is 17.5. The van der Waals surface area contributed by atoms with Gasteiger partial charge in [0, 0.05) is 6.54 Å². The van der Waals surface area contributed by atoms with E-state index >= 15 is 0 Å². The second-order valence-corrected chi connectivity index (χ2v) is 7.29. The normalized spacial score (nSPS) is 13.5. The van der Waals surface area contributed by atoms with Crippen LogP contribution in [0.4, 0.5) is 0 Å². The van der Waals surface area contributed by atoms with Crippen molar-refractivity contribution >= 4 is 23.7 Å². The van der Waals surface area contributed by atoms with E-state index in [-0.39, 0.29) is 29.3 Å². The summed E-state index contributed by atoms with van der Waals surface area (Å²) in [5.74, 6) is -2.09. The predicted octanol–water partition coefficient (Wildman–Crippen LogP) is 3.20. The average molecular weight is 420 g/mol. The number of carbonyl (C=O) groups excluding carboxylic acids is 4. The number of fused-ring (bicyclic) bond motifs is 1. The van der Waals surface area contributed by atoms with Gasteiger partial charge in [-0.05, 0) is 37.1 Å². The molecule has 0 aliphatic carbocycles. The van der Waals surface area contributed by atoms with Crippen LogP contribution in [0.25, 0.3) is 0 Å². The topological polar surface area (TPSA) is 92.8 Å². The Balaban J connectivity index is 1.62. The van der Waals surface area contributed by atoms with Crippen molar-refractivity contribution in [2.24, 2.45) is 0 Å². The second kappa shape index (κ2) is 9.38. The van der Waals surface area contributed by atoms with Crippen LogP contribution in [-0.4, -0.2) is 41.7 Å². The van der Waals surface area contributed by atoms with Crippen molar-refractivity contribution in [3.63, 3.8) is 0 Å². The quantitative estimate of drug-likeness (QED) is 0.402. The van der Waals surface area contributed by atoms with Gasteiger partial charge >= 0.3 is 5.97 Å². The summed E-state index contributed by atoms with van der Waals surface area (Å²) in [6.07, 6.45) is 2.14. The molecule has 7 heteroatoms. The zero-order chi connectivity index (χ0) is 22.5. The van der Waals surface area contributed by atoms with Crippen LogP contribution >= 0.6 is 0 Å². The first-order valence-corrected chi connectivity index (χ1v) is 9.99. The third kappa shape index (κ3) is 4.71. The van der Waals surface area contributed by atoms with Crippen molar-refractivity contribution in [3.8, 4) is 0 Å². The van der Waals surface area contributed by atoms with Crippen molar-refractivity contribution in [2.75, 3.05) is 13.2 Å². The predicted molar refractivity (Wildman–Crippen MR) is 115 cm³/mol. The first-order chi connectivity index (χ1) is 14.8. The molecule has 2 aromatic carbocycles. The minimum atomic E-state index is -0.747. The van der Waals surface area contributed by atoms with Gasteiger partial charge in [-0.1, -0.05) is 42.8 Å². The molecule has 0 unspecified atom stereocenters. The summed E-state index contributed by atoms with van der Waals surface area (Å²) in [5.41, 5.74) is 2.56. The van der Waals surface area contributed by atoms with Crippen molar-refractivity contribution in [3.05, 3.63) is 82.9 Å². The standard InChI is InChI=1S/C24H24N2O5/c1-4-12-26-22(28)18-11-10-17(13-19(18)23(26)29)24(30)31-14-21(27)25-20(5-2)16-8-6-15(3)7-9-16/h4,6-11,13,20H,1,5,12,14H2,2-3H3,(H,25,27)/t20-/m0/s1. The number of aryl methyl sites for hydroxylation is 1. The number of nitrogens with one attached hydrogen (secondary N) is 1. The van der Waals surface area contributed by atoms with Crippen LogP contribution in [-0.2, 0) is 9.53 Å². The fraction of sp³-hybridized carbons (Fsp3) is 0.250. The van der Waals surface area contributed by atoms with E-state index in [1.54, 1.807) is 0 Å². The van der Waals surface area contributed by atoms with Crippen molar-refractivity contribution in [1.29, 1.82) is 0 Å². The molecule has 1 atom stereocenters. The molecule has 7 nitrogen and oxygen atoms in total. The van der Waals surface area contributed by atoms with Gasteiger partial charge in [0.2, 0.25) is 0 Å². The number of ether oxygens (including phenoxy) is 1. The maximum absolute atomic E-state index is 12.4. The van der Waals surface area contributed by atoms with E-state index < -0.39 is 30.3 Å². The lowest BCUT2D eigenvalue weighted by Gasteiger charge is -2.17. The summed E-state index contributed by atoms with van der Waals surface area (Å²) in [4.78, 5) is 50.4. The molecular formula is C24H24N2O5. The van der Waals surface area contributed by atoms with Crippen molar-refractivity contribution in [2.45, 2.75) is 26.3 Å². The number of nitrogens with zero attached hydrogens (tertiary/aromatic N) is 1. The smallest absolute Gasteiger partial charge is 0.338 e. The Morgan fingerprint density at radius 2 is 1.77 bits per heavy atom. The molecule has 1 aliphatic rings. The van der Waals surface area contributed by atoms with Gasteiger partial charge in [0.25, 0.3) is 17.7 Å². The number of esters is 1. The molecule has 1 heterocycles. The van der Waals surface area contributed by atoms with Gasteiger partial charge in [0.05, 0.1) is 22.7 Å². The van der Waals surface area contributed by atoms with E-state index in [1.807, 2.05) is 38.1 Å². The SMILES string of the molecule is C=CCN1C(=O)c2ccc(C(=O)OCC(=O)N[C@@H](CC)c3ccc(C)cc3)cc2C1=O. The van der Waals surface area contributed by atoms with E-state index in [1.165, 1.54) is 24.3 Å². The molecule has 1 N–H and O–H groups in total. The molecule has 0 saturated heterocycles. The maximum atomic E-state index is 12.4. The molecule has 3 rings (SSSR count). The van der Waals surface area contributed by atoms with Crippen LogP contribution in [0.15, 0.2) is 55.1 Å². The Hall–Kier alpha value is -3.74. The number of imide groups is 1. The number of amides is 3. The van der Waals surface area contributed by atoms with E-state index in [0.29, 0.717) is 6.42 Å². The van der Waals surface area contributed by atoms with Gasteiger partial charge in [0.1, 0.15) is 0 Å². The van der Waals surface area contributed by atoms with Gasteiger partial charge in [-0.15, -0.1) is 6.58 Å². The van der Waals surface area contributed by atoms with Crippen LogP contribution in [0, 0.1) is 6.92 Å². The Morgan fingerprint density at radius 3 is 2.42 bits per heavy atom. The Morgan fingerprint density at radius 1 is 1.10 bits per heavy atom. The lowest BCUT2D eigenvalue weighted by molar-refractivity contribution is -0.125. The van der Waals surface area contributed by atoms with E-state index in [9.17, 15) is 19.2 Å². The molecule has 1 aliphatic heterocycles. The Labute approximate surface area is 180 Å². The number of benzene rings is 2. The highest BCUT2D eigenvalue weighted by Crippen LogP contribution is 2.24.